The quantitative estimate of drug-likeness (QED) is 0.516. The van der Waals surface area contributed by atoms with Crippen LogP contribution in [0.4, 0.5) is 0 Å². The molecule has 1 N–H and O–H groups in total. The van der Waals surface area contributed by atoms with Gasteiger partial charge in [0, 0.05) is 16.3 Å². The molecule has 2 aromatic heterocycles. The third-order valence-electron chi connectivity index (χ3n) is 4.35. The number of carbonyl (C=O) groups excluding carboxylic acids is 1. The summed E-state index contributed by atoms with van der Waals surface area (Å²) in [6.07, 6.45) is 0.643. The molecule has 0 unspecified atom stereocenters. The summed E-state index contributed by atoms with van der Waals surface area (Å²) in [5.74, 6) is 0.841. The normalized spacial score (nSPS) is 11.0. The molecule has 4 nitrogen and oxygen atoms in total. The molecule has 2 aromatic carbocycles. The minimum Gasteiger partial charge on any atom is -0.350 e. The first-order valence-corrected chi connectivity index (χ1v) is 9.92. The third kappa shape index (κ3) is 4.21. The molecule has 0 fully saturated rings. The smallest absolute Gasteiger partial charge is 0.240 e. The molecule has 0 radical (unpaired) electrons. The fourth-order valence-electron chi connectivity index (χ4n) is 3.02. The van der Waals surface area contributed by atoms with Gasteiger partial charge in [-0.15, -0.1) is 11.3 Å². The maximum absolute atomic E-state index is 12.5. The van der Waals surface area contributed by atoms with Gasteiger partial charge in [0.2, 0.25) is 5.91 Å². The largest absolute Gasteiger partial charge is 0.350 e. The van der Waals surface area contributed by atoms with Gasteiger partial charge in [0.25, 0.3) is 0 Å². The second-order valence-electron chi connectivity index (χ2n) is 6.26. The minimum absolute atomic E-state index is 0.0242. The molecule has 1 amide bonds. The van der Waals surface area contributed by atoms with Crippen molar-refractivity contribution in [3.63, 3.8) is 0 Å². The average Bonchev–Trinajstić information content (AvgIpc) is 3.31. The number of benzene rings is 2. The summed E-state index contributed by atoms with van der Waals surface area (Å²) in [7, 11) is 0. The second kappa shape index (κ2) is 7.94. The lowest BCUT2D eigenvalue weighted by atomic mass is 10.1. The van der Waals surface area contributed by atoms with Crippen molar-refractivity contribution in [2.24, 2.45) is 0 Å². The Morgan fingerprint density at radius 3 is 2.67 bits per heavy atom. The number of hydrogen-bond donors (Lipinski definition) is 1. The molecule has 0 aliphatic carbocycles. The number of carbonyl (C=O) groups is 1. The molecule has 0 bridgehead atoms. The molecule has 0 saturated heterocycles. The van der Waals surface area contributed by atoms with E-state index in [9.17, 15) is 4.79 Å². The van der Waals surface area contributed by atoms with Crippen molar-refractivity contribution in [1.29, 1.82) is 0 Å². The van der Waals surface area contributed by atoms with E-state index in [-0.39, 0.29) is 12.5 Å². The van der Waals surface area contributed by atoms with Crippen LogP contribution in [0.1, 0.15) is 16.3 Å². The van der Waals surface area contributed by atoms with Crippen LogP contribution in [0, 0.1) is 0 Å². The Kier molecular flexibility index (Phi) is 5.23. The number of nitrogens with zero attached hydrogens (tertiary/aromatic N) is 2. The number of thiophene rings is 1. The van der Waals surface area contributed by atoms with E-state index in [2.05, 4.69) is 5.32 Å². The van der Waals surface area contributed by atoms with Crippen LogP contribution < -0.4 is 5.32 Å². The van der Waals surface area contributed by atoms with E-state index in [0.29, 0.717) is 18.0 Å². The summed E-state index contributed by atoms with van der Waals surface area (Å²) in [5.41, 5.74) is 2.97. The molecule has 0 aliphatic heterocycles. The Morgan fingerprint density at radius 1 is 1.07 bits per heavy atom. The van der Waals surface area contributed by atoms with Crippen LogP contribution in [-0.2, 0) is 24.3 Å². The molecule has 136 valence electrons. The summed E-state index contributed by atoms with van der Waals surface area (Å²) >= 11 is 7.62. The highest BCUT2D eigenvalue weighted by Crippen LogP contribution is 2.19. The average molecular weight is 396 g/mol. The van der Waals surface area contributed by atoms with Crippen molar-refractivity contribution in [1.82, 2.24) is 14.9 Å². The maximum Gasteiger partial charge on any atom is 0.240 e. The molecule has 0 spiro atoms. The van der Waals surface area contributed by atoms with Crippen LogP contribution in [0.25, 0.3) is 11.0 Å². The fraction of sp³-hybridized carbons (Fsp3) is 0.143. The Morgan fingerprint density at radius 2 is 1.89 bits per heavy atom. The van der Waals surface area contributed by atoms with E-state index < -0.39 is 0 Å². The molecule has 6 heteroatoms. The number of rotatable bonds is 6. The first-order chi connectivity index (χ1) is 13.2. The van der Waals surface area contributed by atoms with Crippen LogP contribution in [0.15, 0.2) is 66.0 Å². The summed E-state index contributed by atoms with van der Waals surface area (Å²) in [6, 6.07) is 19.6. The highest BCUT2D eigenvalue weighted by molar-refractivity contribution is 7.09. The number of nitrogens with one attached hydrogen (secondary N) is 1. The highest BCUT2D eigenvalue weighted by Gasteiger charge is 2.14. The molecule has 4 aromatic rings. The Labute approximate surface area is 166 Å². The summed E-state index contributed by atoms with van der Waals surface area (Å²) in [5, 5.41) is 5.71. The summed E-state index contributed by atoms with van der Waals surface area (Å²) in [6.45, 7) is 0.796. The number of aromatic nitrogens is 2. The monoisotopic (exact) mass is 395 g/mol. The number of hydrogen-bond acceptors (Lipinski definition) is 3. The zero-order valence-corrected chi connectivity index (χ0v) is 16.1. The summed E-state index contributed by atoms with van der Waals surface area (Å²) in [4.78, 5) is 18.4. The van der Waals surface area contributed by atoms with Crippen LogP contribution in [0.5, 0.6) is 0 Å². The SMILES string of the molecule is O=C(Cn1c(Cc2ccc(Cl)cc2)nc2ccccc21)NCc1cccs1. The van der Waals surface area contributed by atoms with E-state index in [1.54, 1.807) is 11.3 Å². The first-order valence-electron chi connectivity index (χ1n) is 8.67. The second-order valence-corrected chi connectivity index (χ2v) is 7.73. The van der Waals surface area contributed by atoms with Crippen molar-refractivity contribution in [3.05, 3.63) is 87.3 Å². The van der Waals surface area contributed by atoms with E-state index in [1.165, 1.54) is 0 Å². The number of imidazole rings is 1. The van der Waals surface area contributed by atoms with Crippen molar-refractivity contribution in [3.8, 4) is 0 Å². The van der Waals surface area contributed by atoms with Gasteiger partial charge in [0.05, 0.1) is 17.6 Å². The Hall–Kier alpha value is -2.63. The van der Waals surface area contributed by atoms with Crippen LogP contribution in [-0.4, -0.2) is 15.5 Å². The van der Waals surface area contributed by atoms with Gasteiger partial charge in [-0.05, 0) is 41.3 Å². The van der Waals surface area contributed by atoms with Gasteiger partial charge in [-0.1, -0.05) is 41.9 Å². The third-order valence-corrected chi connectivity index (χ3v) is 5.48. The van der Waals surface area contributed by atoms with Gasteiger partial charge in [0.15, 0.2) is 0 Å². The molecular formula is C21H18ClN3OS. The van der Waals surface area contributed by atoms with E-state index in [1.807, 2.05) is 70.6 Å². The zero-order chi connectivity index (χ0) is 18.6. The molecule has 27 heavy (non-hydrogen) atoms. The number of para-hydroxylation sites is 2. The molecule has 0 aliphatic rings. The lowest BCUT2D eigenvalue weighted by molar-refractivity contribution is -0.121. The van der Waals surface area contributed by atoms with Gasteiger partial charge >= 0.3 is 0 Å². The van der Waals surface area contributed by atoms with Gasteiger partial charge in [-0.2, -0.15) is 0 Å². The zero-order valence-electron chi connectivity index (χ0n) is 14.6. The number of amides is 1. The molecule has 0 atom stereocenters. The predicted molar refractivity (Wildman–Crippen MR) is 110 cm³/mol. The van der Waals surface area contributed by atoms with Gasteiger partial charge in [-0.25, -0.2) is 4.98 Å². The van der Waals surface area contributed by atoms with Gasteiger partial charge < -0.3 is 9.88 Å². The fourth-order valence-corrected chi connectivity index (χ4v) is 3.79. The van der Waals surface area contributed by atoms with Gasteiger partial charge in [0.1, 0.15) is 12.4 Å². The maximum atomic E-state index is 12.5. The topological polar surface area (TPSA) is 46.9 Å². The van der Waals surface area contributed by atoms with E-state index in [4.69, 9.17) is 16.6 Å². The lowest BCUT2D eigenvalue weighted by Gasteiger charge is -2.10. The number of halogens is 1. The first kappa shape index (κ1) is 17.8. The predicted octanol–water partition coefficient (Wildman–Crippen LogP) is 4.66. The van der Waals surface area contributed by atoms with E-state index in [0.717, 1.165) is 27.3 Å². The summed E-state index contributed by atoms with van der Waals surface area (Å²) < 4.78 is 1.99. The standard InChI is InChI=1S/C21H18ClN3OS/c22-16-9-7-15(8-10-16)12-20-24-18-5-1-2-6-19(18)25(20)14-21(26)23-13-17-4-3-11-27-17/h1-11H,12-14H2,(H,23,26). The Balaban J connectivity index is 1.57. The van der Waals surface area contributed by atoms with Crippen molar-refractivity contribution < 1.29 is 4.79 Å². The van der Waals surface area contributed by atoms with Crippen LogP contribution in [0.3, 0.4) is 0 Å². The highest BCUT2D eigenvalue weighted by atomic mass is 35.5. The Bertz CT molecular complexity index is 1050. The minimum atomic E-state index is -0.0242. The van der Waals surface area contributed by atoms with Crippen molar-refractivity contribution in [2.75, 3.05) is 0 Å². The molecular weight excluding hydrogens is 378 g/mol. The number of fused-ring (bicyclic) bond motifs is 1. The molecule has 2 heterocycles. The van der Waals surface area contributed by atoms with Crippen molar-refractivity contribution >= 4 is 39.9 Å². The van der Waals surface area contributed by atoms with Crippen LogP contribution >= 0.6 is 22.9 Å². The molecule has 4 rings (SSSR count). The van der Waals surface area contributed by atoms with Crippen molar-refractivity contribution in [2.45, 2.75) is 19.5 Å². The van der Waals surface area contributed by atoms with E-state index >= 15 is 0 Å². The lowest BCUT2D eigenvalue weighted by Crippen LogP contribution is -2.27. The molecule has 0 saturated carbocycles. The van der Waals surface area contributed by atoms with Crippen LogP contribution in [0.2, 0.25) is 5.02 Å². The van der Waals surface area contributed by atoms with Gasteiger partial charge in [-0.3, -0.25) is 4.79 Å².